The molecule has 21 heavy (non-hydrogen) atoms. The molecule has 110 valence electrons. The van der Waals surface area contributed by atoms with Gasteiger partial charge >= 0.3 is 5.97 Å². The third kappa shape index (κ3) is 4.39. The molecular weight excluding hydrogens is 395 g/mol. The number of rotatable bonds is 4. The van der Waals surface area contributed by atoms with Crippen molar-refractivity contribution in [2.45, 2.75) is 10.6 Å². The minimum atomic E-state index is -0.348. The third-order valence-electron chi connectivity index (χ3n) is 2.76. The Morgan fingerprint density at radius 2 is 1.95 bits per heavy atom. The smallest absolute Gasteiger partial charge is 0.337 e. The first-order valence-corrected chi connectivity index (χ1v) is 8.49. The van der Waals surface area contributed by atoms with E-state index in [1.54, 1.807) is 30.0 Å². The number of methoxy groups -OCH3 is 1. The van der Waals surface area contributed by atoms with Gasteiger partial charge in [-0.25, -0.2) is 4.79 Å². The molecule has 6 heteroatoms. The van der Waals surface area contributed by atoms with Crippen molar-refractivity contribution in [1.29, 1.82) is 0 Å². The molecule has 0 spiro atoms. The van der Waals surface area contributed by atoms with Gasteiger partial charge in [0, 0.05) is 15.1 Å². The first-order valence-electron chi connectivity index (χ1n) is 5.96. The lowest BCUT2D eigenvalue weighted by atomic mass is 10.1. The van der Waals surface area contributed by atoms with E-state index in [-0.39, 0.29) is 5.97 Å². The Hall–Kier alpha value is -0.680. The van der Waals surface area contributed by atoms with Crippen LogP contribution in [0.5, 0.6) is 0 Å². The zero-order valence-electron chi connectivity index (χ0n) is 11.0. The standard InChI is InChI=1S/C15H11BrCl2O2S/c1-20-15(19)9-2-3-10(12(16)6-9)8-21-11-4-5-13(17)14(18)7-11/h2-7H,8H2,1H3. The number of benzene rings is 2. The lowest BCUT2D eigenvalue weighted by Crippen LogP contribution is -2.01. The molecule has 2 nitrogen and oxygen atoms in total. The van der Waals surface area contributed by atoms with Gasteiger partial charge < -0.3 is 4.74 Å². The Morgan fingerprint density at radius 1 is 1.19 bits per heavy atom. The van der Waals surface area contributed by atoms with Gasteiger partial charge in [0.15, 0.2) is 0 Å². The first kappa shape index (κ1) is 16.7. The van der Waals surface area contributed by atoms with Crippen LogP contribution in [-0.4, -0.2) is 13.1 Å². The molecule has 2 aromatic rings. The van der Waals surface area contributed by atoms with Crippen LogP contribution in [0.4, 0.5) is 0 Å². The Bertz CT molecular complexity index is 677. The molecule has 0 unspecified atom stereocenters. The summed E-state index contributed by atoms with van der Waals surface area (Å²) in [6, 6.07) is 11.0. The summed E-state index contributed by atoms with van der Waals surface area (Å²) in [7, 11) is 1.37. The lowest BCUT2D eigenvalue weighted by Gasteiger charge is -2.07. The molecule has 0 fully saturated rings. The molecule has 0 aliphatic rings. The quantitative estimate of drug-likeness (QED) is 0.472. The van der Waals surface area contributed by atoms with Crippen molar-refractivity contribution >= 4 is 56.9 Å². The highest BCUT2D eigenvalue weighted by Gasteiger charge is 2.09. The summed E-state index contributed by atoms with van der Waals surface area (Å²) in [5.41, 5.74) is 1.60. The van der Waals surface area contributed by atoms with Crippen molar-refractivity contribution in [3.8, 4) is 0 Å². The molecule has 2 rings (SSSR count). The number of carbonyl (C=O) groups is 1. The molecule has 0 saturated carbocycles. The lowest BCUT2D eigenvalue weighted by molar-refractivity contribution is 0.0600. The minimum Gasteiger partial charge on any atom is -0.465 e. The fraction of sp³-hybridized carbons (Fsp3) is 0.133. The van der Waals surface area contributed by atoms with Gasteiger partial charge in [0.1, 0.15) is 0 Å². The highest BCUT2D eigenvalue weighted by Crippen LogP contribution is 2.31. The van der Waals surface area contributed by atoms with E-state index in [1.165, 1.54) is 7.11 Å². The molecule has 2 aromatic carbocycles. The third-order valence-corrected chi connectivity index (χ3v) is 5.28. The van der Waals surface area contributed by atoms with Gasteiger partial charge in [-0.3, -0.25) is 0 Å². The fourth-order valence-electron chi connectivity index (χ4n) is 1.64. The second kappa shape index (κ2) is 7.54. The summed E-state index contributed by atoms with van der Waals surface area (Å²) in [5.74, 6) is 0.402. The van der Waals surface area contributed by atoms with E-state index in [0.29, 0.717) is 15.6 Å². The summed E-state index contributed by atoms with van der Waals surface area (Å²) in [6.45, 7) is 0. The summed E-state index contributed by atoms with van der Waals surface area (Å²) in [4.78, 5) is 12.5. The molecule has 0 aliphatic heterocycles. The van der Waals surface area contributed by atoms with Crippen LogP contribution in [0.2, 0.25) is 10.0 Å². The number of hydrogen-bond acceptors (Lipinski definition) is 3. The van der Waals surface area contributed by atoms with E-state index in [0.717, 1.165) is 20.7 Å². The van der Waals surface area contributed by atoms with Gasteiger partial charge in [-0.1, -0.05) is 45.2 Å². The topological polar surface area (TPSA) is 26.3 Å². The highest BCUT2D eigenvalue weighted by atomic mass is 79.9. The van der Waals surface area contributed by atoms with E-state index in [2.05, 4.69) is 15.9 Å². The van der Waals surface area contributed by atoms with Crippen molar-refractivity contribution in [2.24, 2.45) is 0 Å². The maximum atomic E-state index is 11.5. The van der Waals surface area contributed by atoms with Crippen LogP contribution in [0.1, 0.15) is 15.9 Å². The van der Waals surface area contributed by atoms with Crippen LogP contribution < -0.4 is 0 Å². The molecule has 0 aromatic heterocycles. The van der Waals surface area contributed by atoms with Crippen LogP contribution in [0.3, 0.4) is 0 Å². The van der Waals surface area contributed by atoms with Crippen molar-refractivity contribution < 1.29 is 9.53 Å². The van der Waals surface area contributed by atoms with Crippen LogP contribution >= 0.6 is 50.9 Å². The van der Waals surface area contributed by atoms with Gasteiger partial charge in [0.2, 0.25) is 0 Å². The van der Waals surface area contributed by atoms with Gasteiger partial charge in [-0.2, -0.15) is 0 Å². The zero-order valence-corrected chi connectivity index (χ0v) is 14.9. The predicted molar refractivity (Wildman–Crippen MR) is 91.5 cm³/mol. The van der Waals surface area contributed by atoms with Gasteiger partial charge in [-0.15, -0.1) is 11.8 Å². The molecular formula is C15H11BrCl2O2S. The van der Waals surface area contributed by atoms with Crippen LogP contribution in [0.25, 0.3) is 0 Å². The van der Waals surface area contributed by atoms with E-state index in [9.17, 15) is 4.79 Å². The molecule has 0 heterocycles. The normalized spacial score (nSPS) is 10.5. The van der Waals surface area contributed by atoms with Gasteiger partial charge in [-0.05, 0) is 35.9 Å². The molecule has 0 aliphatic carbocycles. The van der Waals surface area contributed by atoms with Crippen molar-refractivity contribution in [1.82, 2.24) is 0 Å². The second-order valence-electron chi connectivity index (χ2n) is 4.16. The average Bonchev–Trinajstić information content (AvgIpc) is 2.48. The van der Waals surface area contributed by atoms with E-state index in [1.807, 2.05) is 18.2 Å². The van der Waals surface area contributed by atoms with Crippen LogP contribution in [0, 0.1) is 0 Å². The van der Waals surface area contributed by atoms with Crippen LogP contribution in [-0.2, 0) is 10.5 Å². The molecule has 0 saturated heterocycles. The first-order chi connectivity index (χ1) is 10.0. The Kier molecular flexibility index (Phi) is 5.99. The monoisotopic (exact) mass is 404 g/mol. The largest absolute Gasteiger partial charge is 0.465 e. The summed E-state index contributed by atoms with van der Waals surface area (Å²) >= 11 is 17.0. The minimum absolute atomic E-state index is 0.348. The van der Waals surface area contributed by atoms with Gasteiger partial charge in [0.25, 0.3) is 0 Å². The molecule has 0 atom stereocenters. The van der Waals surface area contributed by atoms with Gasteiger partial charge in [0.05, 0.1) is 22.7 Å². The number of halogens is 3. The highest BCUT2D eigenvalue weighted by molar-refractivity contribution is 9.10. The maximum absolute atomic E-state index is 11.5. The molecule has 0 radical (unpaired) electrons. The number of thioether (sulfide) groups is 1. The maximum Gasteiger partial charge on any atom is 0.337 e. The van der Waals surface area contributed by atoms with E-state index < -0.39 is 0 Å². The number of carbonyl (C=O) groups excluding carboxylic acids is 1. The SMILES string of the molecule is COC(=O)c1ccc(CSc2ccc(Cl)c(Cl)c2)c(Br)c1. The zero-order chi connectivity index (χ0) is 15.4. The Balaban J connectivity index is 2.09. The molecule has 0 amide bonds. The van der Waals surface area contributed by atoms with Crippen molar-refractivity contribution in [3.05, 3.63) is 62.0 Å². The predicted octanol–water partition coefficient (Wildman–Crippen LogP) is 5.83. The van der Waals surface area contributed by atoms with Crippen molar-refractivity contribution in [2.75, 3.05) is 7.11 Å². The van der Waals surface area contributed by atoms with Crippen LogP contribution in [0.15, 0.2) is 45.8 Å². The number of hydrogen-bond donors (Lipinski definition) is 0. The Labute approximate surface area is 145 Å². The summed E-state index contributed by atoms with van der Waals surface area (Å²) in [6.07, 6.45) is 0. The van der Waals surface area contributed by atoms with Crippen molar-refractivity contribution in [3.63, 3.8) is 0 Å². The summed E-state index contributed by atoms with van der Waals surface area (Å²) < 4.78 is 5.57. The number of esters is 1. The molecule has 0 bridgehead atoms. The molecule has 0 N–H and O–H groups in total. The Morgan fingerprint density at radius 3 is 2.57 bits per heavy atom. The summed E-state index contributed by atoms with van der Waals surface area (Å²) in [5, 5.41) is 1.09. The van der Waals surface area contributed by atoms with E-state index >= 15 is 0 Å². The van der Waals surface area contributed by atoms with E-state index in [4.69, 9.17) is 27.9 Å². The second-order valence-corrected chi connectivity index (χ2v) is 6.88. The fourth-order valence-corrected chi connectivity index (χ4v) is 3.64. The number of ether oxygens (including phenoxy) is 1. The average molecular weight is 406 g/mol.